The van der Waals surface area contributed by atoms with Crippen LogP contribution in [0.1, 0.15) is 0 Å². The van der Waals surface area contributed by atoms with Crippen LogP contribution in [0.2, 0.25) is 15.1 Å². The molecule has 0 heterocycles. The number of hydrogen-bond acceptors (Lipinski definition) is 6. The lowest BCUT2D eigenvalue weighted by Crippen LogP contribution is -2.23. The summed E-state index contributed by atoms with van der Waals surface area (Å²) in [6.45, 7) is -0.951. The highest BCUT2D eigenvalue weighted by atomic mass is 35.5. The summed E-state index contributed by atoms with van der Waals surface area (Å²) in [5, 5.41) is 3.25. The molecule has 0 atom stereocenters. The van der Waals surface area contributed by atoms with Crippen LogP contribution in [0, 0.1) is 0 Å². The standard InChI is InChI=1S/C18H16Cl3NO6/c1-25-14-4-3-10(5-16(14)26-2)22-17(23)8-28-18(24)9-27-15-7-12(20)11(19)6-13(15)21/h3-7H,8-9H2,1-2H3,(H,22,23). The Morgan fingerprint density at radius 2 is 1.54 bits per heavy atom. The Morgan fingerprint density at radius 1 is 0.857 bits per heavy atom. The van der Waals surface area contributed by atoms with Gasteiger partial charge in [-0.2, -0.15) is 0 Å². The van der Waals surface area contributed by atoms with Gasteiger partial charge in [0.1, 0.15) is 5.75 Å². The molecule has 2 aromatic rings. The quantitative estimate of drug-likeness (QED) is 0.481. The molecule has 150 valence electrons. The van der Waals surface area contributed by atoms with Gasteiger partial charge in [-0.1, -0.05) is 34.8 Å². The van der Waals surface area contributed by atoms with E-state index in [0.29, 0.717) is 17.2 Å². The molecule has 1 N–H and O–H groups in total. The van der Waals surface area contributed by atoms with Crippen molar-refractivity contribution < 1.29 is 28.5 Å². The minimum atomic E-state index is -0.760. The number of carbonyl (C=O) groups is 2. The van der Waals surface area contributed by atoms with Crippen LogP contribution in [0.3, 0.4) is 0 Å². The molecular formula is C18H16Cl3NO6. The second-order valence-corrected chi connectivity index (χ2v) is 6.49. The van der Waals surface area contributed by atoms with E-state index >= 15 is 0 Å². The Morgan fingerprint density at radius 3 is 2.21 bits per heavy atom. The fraction of sp³-hybridized carbons (Fsp3) is 0.222. The molecular weight excluding hydrogens is 433 g/mol. The van der Waals surface area contributed by atoms with Crippen molar-refractivity contribution in [3.05, 3.63) is 45.4 Å². The first-order valence-electron chi connectivity index (χ1n) is 7.79. The molecule has 2 aromatic carbocycles. The van der Waals surface area contributed by atoms with Crippen LogP contribution in [0.5, 0.6) is 17.2 Å². The highest BCUT2D eigenvalue weighted by molar-refractivity contribution is 6.43. The number of benzene rings is 2. The van der Waals surface area contributed by atoms with Gasteiger partial charge in [0.05, 0.1) is 29.3 Å². The smallest absolute Gasteiger partial charge is 0.344 e. The molecule has 0 fully saturated rings. The van der Waals surface area contributed by atoms with E-state index in [1.54, 1.807) is 18.2 Å². The number of halogens is 3. The van der Waals surface area contributed by atoms with Gasteiger partial charge in [0.15, 0.2) is 24.7 Å². The number of carbonyl (C=O) groups excluding carboxylic acids is 2. The largest absolute Gasteiger partial charge is 0.493 e. The normalized spacial score (nSPS) is 10.2. The zero-order valence-electron chi connectivity index (χ0n) is 14.9. The molecule has 0 bridgehead atoms. The van der Waals surface area contributed by atoms with E-state index in [-0.39, 0.29) is 20.8 Å². The number of methoxy groups -OCH3 is 2. The summed E-state index contributed by atoms with van der Waals surface area (Å²) in [6, 6.07) is 7.60. The third-order valence-electron chi connectivity index (χ3n) is 3.35. The molecule has 28 heavy (non-hydrogen) atoms. The van der Waals surface area contributed by atoms with Crippen molar-refractivity contribution in [3.8, 4) is 17.2 Å². The van der Waals surface area contributed by atoms with Crippen LogP contribution in [0.15, 0.2) is 30.3 Å². The maximum Gasteiger partial charge on any atom is 0.344 e. The van der Waals surface area contributed by atoms with Gasteiger partial charge >= 0.3 is 5.97 Å². The lowest BCUT2D eigenvalue weighted by atomic mass is 10.2. The number of ether oxygens (including phenoxy) is 4. The van der Waals surface area contributed by atoms with E-state index in [1.165, 1.54) is 26.4 Å². The number of rotatable bonds is 8. The third kappa shape index (κ3) is 6.09. The molecule has 0 unspecified atom stereocenters. The second-order valence-electron chi connectivity index (χ2n) is 5.26. The average molecular weight is 449 g/mol. The summed E-state index contributed by atoms with van der Waals surface area (Å²) in [4.78, 5) is 23.7. The average Bonchev–Trinajstić information content (AvgIpc) is 2.68. The number of anilines is 1. The van der Waals surface area contributed by atoms with E-state index in [0.717, 1.165) is 0 Å². The van der Waals surface area contributed by atoms with E-state index < -0.39 is 25.1 Å². The van der Waals surface area contributed by atoms with Gasteiger partial charge in [-0.05, 0) is 18.2 Å². The molecule has 0 saturated heterocycles. The molecule has 0 aromatic heterocycles. The van der Waals surface area contributed by atoms with Crippen LogP contribution in [-0.4, -0.2) is 39.3 Å². The topological polar surface area (TPSA) is 83.1 Å². The van der Waals surface area contributed by atoms with Crippen molar-refractivity contribution in [2.45, 2.75) is 0 Å². The number of esters is 1. The maximum atomic E-state index is 11.9. The Kier molecular flexibility index (Phi) is 8.04. The van der Waals surface area contributed by atoms with Crippen molar-refractivity contribution in [1.29, 1.82) is 0 Å². The fourth-order valence-electron chi connectivity index (χ4n) is 2.05. The van der Waals surface area contributed by atoms with Crippen LogP contribution in [-0.2, 0) is 14.3 Å². The van der Waals surface area contributed by atoms with Gasteiger partial charge in [0.2, 0.25) is 0 Å². The van der Waals surface area contributed by atoms with Gasteiger partial charge in [0.25, 0.3) is 5.91 Å². The van der Waals surface area contributed by atoms with Gasteiger partial charge < -0.3 is 24.3 Å². The molecule has 0 saturated carbocycles. The summed E-state index contributed by atoms with van der Waals surface area (Å²) >= 11 is 17.6. The van der Waals surface area contributed by atoms with Crippen molar-refractivity contribution in [1.82, 2.24) is 0 Å². The summed E-state index contributed by atoms with van der Waals surface area (Å²) in [5.74, 6) is -0.158. The Bertz CT molecular complexity index is 875. The summed E-state index contributed by atoms with van der Waals surface area (Å²) in [5.41, 5.74) is 0.456. The first kappa shape index (κ1) is 21.9. The van der Waals surface area contributed by atoms with Crippen LogP contribution >= 0.6 is 34.8 Å². The van der Waals surface area contributed by atoms with Crippen molar-refractivity contribution in [2.75, 3.05) is 32.8 Å². The zero-order chi connectivity index (χ0) is 20.7. The zero-order valence-corrected chi connectivity index (χ0v) is 17.2. The Labute approximate surface area is 176 Å². The molecule has 0 aliphatic rings. The van der Waals surface area contributed by atoms with Gasteiger partial charge in [-0.25, -0.2) is 4.79 Å². The molecule has 0 spiro atoms. The van der Waals surface area contributed by atoms with Crippen LogP contribution in [0.4, 0.5) is 5.69 Å². The van der Waals surface area contributed by atoms with Gasteiger partial charge in [0, 0.05) is 17.8 Å². The molecule has 2 rings (SSSR count). The lowest BCUT2D eigenvalue weighted by Gasteiger charge is -2.11. The van der Waals surface area contributed by atoms with Gasteiger partial charge in [-0.15, -0.1) is 0 Å². The first-order valence-corrected chi connectivity index (χ1v) is 8.92. The van der Waals surface area contributed by atoms with E-state index in [2.05, 4.69) is 5.32 Å². The molecule has 10 heteroatoms. The van der Waals surface area contributed by atoms with E-state index in [1.807, 2.05) is 0 Å². The first-order chi connectivity index (χ1) is 13.3. The molecule has 0 radical (unpaired) electrons. The predicted octanol–water partition coefficient (Wildman–Crippen LogP) is 4.22. The summed E-state index contributed by atoms with van der Waals surface area (Å²) < 4.78 is 20.4. The van der Waals surface area contributed by atoms with Crippen LogP contribution < -0.4 is 19.5 Å². The van der Waals surface area contributed by atoms with E-state index in [9.17, 15) is 9.59 Å². The minimum Gasteiger partial charge on any atom is -0.493 e. The highest BCUT2D eigenvalue weighted by Crippen LogP contribution is 2.33. The third-order valence-corrected chi connectivity index (χ3v) is 4.37. The highest BCUT2D eigenvalue weighted by Gasteiger charge is 2.13. The minimum absolute atomic E-state index is 0.169. The molecule has 0 aliphatic heterocycles. The molecule has 1 amide bonds. The predicted molar refractivity (Wildman–Crippen MR) is 106 cm³/mol. The second kappa shape index (κ2) is 10.3. The molecule has 0 aliphatic carbocycles. The maximum absolute atomic E-state index is 11.9. The van der Waals surface area contributed by atoms with E-state index in [4.69, 9.17) is 53.8 Å². The lowest BCUT2D eigenvalue weighted by molar-refractivity contribution is -0.149. The SMILES string of the molecule is COc1ccc(NC(=O)COC(=O)COc2cc(Cl)c(Cl)cc2Cl)cc1OC. The molecule has 7 nitrogen and oxygen atoms in total. The number of hydrogen-bond donors (Lipinski definition) is 1. The number of amides is 1. The monoisotopic (exact) mass is 447 g/mol. The van der Waals surface area contributed by atoms with Crippen molar-refractivity contribution in [2.24, 2.45) is 0 Å². The van der Waals surface area contributed by atoms with Crippen molar-refractivity contribution in [3.63, 3.8) is 0 Å². The summed E-state index contributed by atoms with van der Waals surface area (Å²) in [6.07, 6.45) is 0. The fourth-order valence-corrected chi connectivity index (χ4v) is 2.64. The van der Waals surface area contributed by atoms with Crippen LogP contribution in [0.25, 0.3) is 0 Å². The Hall–Kier alpha value is -2.35. The Balaban J connectivity index is 1.82. The van der Waals surface area contributed by atoms with Crippen molar-refractivity contribution >= 4 is 52.4 Å². The number of nitrogens with one attached hydrogen (secondary N) is 1. The van der Waals surface area contributed by atoms with Gasteiger partial charge in [-0.3, -0.25) is 4.79 Å². The summed E-state index contributed by atoms with van der Waals surface area (Å²) in [7, 11) is 2.98.